The third-order valence-electron chi connectivity index (χ3n) is 4.66. The van der Waals surface area contributed by atoms with Crippen molar-refractivity contribution in [3.63, 3.8) is 0 Å². The lowest BCUT2D eigenvalue weighted by molar-refractivity contribution is -0.168. The van der Waals surface area contributed by atoms with E-state index in [1.807, 2.05) is 36.5 Å². The second-order valence-corrected chi connectivity index (χ2v) is 6.10. The fourth-order valence-corrected chi connectivity index (χ4v) is 3.37. The summed E-state index contributed by atoms with van der Waals surface area (Å²) in [7, 11) is 1.65. The number of aliphatic hydroxyl groups is 1. The van der Waals surface area contributed by atoms with Gasteiger partial charge in [-0.1, -0.05) is 12.1 Å². The highest BCUT2D eigenvalue weighted by Gasteiger charge is 2.50. The molecule has 2 aliphatic heterocycles. The van der Waals surface area contributed by atoms with Gasteiger partial charge in [0.1, 0.15) is 17.9 Å². The van der Waals surface area contributed by atoms with Crippen LogP contribution in [0.3, 0.4) is 0 Å². The van der Waals surface area contributed by atoms with Crippen molar-refractivity contribution in [1.29, 1.82) is 0 Å². The van der Waals surface area contributed by atoms with Crippen molar-refractivity contribution in [2.24, 2.45) is 0 Å². The summed E-state index contributed by atoms with van der Waals surface area (Å²) < 4.78 is 18.5. The SMILES string of the molecule is COc1ccc(CNC2C3COC(O3)C(n3cccn3)C2O)cc1. The number of ether oxygens (including phenoxy) is 3. The number of nitrogens with one attached hydrogen (secondary N) is 1. The van der Waals surface area contributed by atoms with E-state index in [4.69, 9.17) is 14.2 Å². The van der Waals surface area contributed by atoms with Crippen molar-refractivity contribution in [2.45, 2.75) is 37.1 Å². The molecule has 0 radical (unpaired) electrons. The van der Waals surface area contributed by atoms with E-state index < -0.39 is 12.4 Å². The van der Waals surface area contributed by atoms with Crippen molar-refractivity contribution in [1.82, 2.24) is 15.1 Å². The van der Waals surface area contributed by atoms with Gasteiger partial charge in [-0.05, 0) is 23.8 Å². The van der Waals surface area contributed by atoms with Crippen LogP contribution in [0.1, 0.15) is 11.6 Å². The molecule has 128 valence electrons. The topological polar surface area (TPSA) is 77.8 Å². The monoisotopic (exact) mass is 331 g/mol. The number of aliphatic hydroxyl groups excluding tert-OH is 1. The van der Waals surface area contributed by atoms with Crippen molar-refractivity contribution in [2.75, 3.05) is 13.7 Å². The van der Waals surface area contributed by atoms with E-state index >= 15 is 0 Å². The van der Waals surface area contributed by atoms with Gasteiger partial charge in [-0.25, -0.2) is 0 Å². The molecule has 2 fully saturated rings. The molecule has 0 aliphatic carbocycles. The highest BCUT2D eigenvalue weighted by Crippen LogP contribution is 2.35. The van der Waals surface area contributed by atoms with Crippen LogP contribution in [0, 0.1) is 0 Å². The summed E-state index contributed by atoms with van der Waals surface area (Å²) in [5.41, 5.74) is 1.11. The molecule has 3 heterocycles. The molecule has 0 amide bonds. The molecule has 5 atom stereocenters. The summed E-state index contributed by atoms with van der Waals surface area (Å²) in [5, 5.41) is 18.5. The van der Waals surface area contributed by atoms with Gasteiger partial charge in [0.2, 0.25) is 0 Å². The predicted molar refractivity (Wildman–Crippen MR) is 85.5 cm³/mol. The van der Waals surface area contributed by atoms with Crippen LogP contribution in [-0.4, -0.2) is 53.1 Å². The number of hydrogen-bond acceptors (Lipinski definition) is 6. The summed E-state index contributed by atoms with van der Waals surface area (Å²) in [6.07, 6.45) is 2.25. The van der Waals surface area contributed by atoms with Crippen LogP contribution in [0.4, 0.5) is 0 Å². The number of rotatable bonds is 5. The Hall–Kier alpha value is -1.93. The molecule has 24 heavy (non-hydrogen) atoms. The second-order valence-electron chi connectivity index (χ2n) is 6.10. The van der Waals surface area contributed by atoms with Gasteiger partial charge in [-0.2, -0.15) is 5.10 Å². The Morgan fingerprint density at radius 2 is 2.21 bits per heavy atom. The summed E-state index contributed by atoms with van der Waals surface area (Å²) >= 11 is 0. The Bertz CT molecular complexity index is 661. The van der Waals surface area contributed by atoms with Gasteiger partial charge in [0, 0.05) is 18.9 Å². The zero-order chi connectivity index (χ0) is 16.5. The van der Waals surface area contributed by atoms with Gasteiger partial charge in [0.05, 0.1) is 25.9 Å². The molecular formula is C17H21N3O4. The minimum atomic E-state index is -0.644. The molecule has 2 N–H and O–H groups in total. The fourth-order valence-electron chi connectivity index (χ4n) is 3.37. The Morgan fingerprint density at radius 3 is 2.92 bits per heavy atom. The number of fused-ring (bicyclic) bond motifs is 2. The lowest BCUT2D eigenvalue weighted by Crippen LogP contribution is -2.57. The lowest BCUT2D eigenvalue weighted by Gasteiger charge is -2.38. The predicted octanol–water partition coefficient (Wildman–Crippen LogP) is 0.707. The first-order valence-corrected chi connectivity index (χ1v) is 8.07. The van der Waals surface area contributed by atoms with Crippen LogP contribution in [-0.2, 0) is 16.0 Å². The van der Waals surface area contributed by atoms with Gasteiger partial charge in [-0.3, -0.25) is 4.68 Å². The van der Waals surface area contributed by atoms with Gasteiger partial charge in [-0.15, -0.1) is 0 Å². The molecule has 0 spiro atoms. The molecule has 2 aromatic rings. The molecular weight excluding hydrogens is 310 g/mol. The first-order valence-electron chi connectivity index (χ1n) is 8.07. The summed E-state index contributed by atoms with van der Waals surface area (Å²) in [4.78, 5) is 0. The quantitative estimate of drug-likeness (QED) is 0.840. The van der Waals surface area contributed by atoms with E-state index in [9.17, 15) is 5.11 Å². The number of nitrogens with zero attached hydrogens (tertiary/aromatic N) is 2. The standard InChI is InChI=1S/C17H21N3O4/c1-22-12-5-3-11(4-6-12)9-18-14-13-10-23-17(24-13)15(16(14)21)20-8-2-7-19-20/h2-8,13-18,21H,9-10H2,1H3. The van der Waals surface area contributed by atoms with Crippen LogP contribution in [0.15, 0.2) is 42.7 Å². The van der Waals surface area contributed by atoms with E-state index in [0.717, 1.165) is 11.3 Å². The Labute approximate surface area is 140 Å². The molecule has 2 saturated heterocycles. The van der Waals surface area contributed by atoms with Crippen molar-refractivity contribution < 1.29 is 19.3 Å². The third-order valence-corrected chi connectivity index (χ3v) is 4.66. The summed E-state index contributed by atoms with van der Waals surface area (Å²) in [6, 6.07) is 9.10. The minimum Gasteiger partial charge on any atom is -0.497 e. The molecule has 4 rings (SSSR count). The van der Waals surface area contributed by atoms with Gasteiger partial charge in [0.15, 0.2) is 6.29 Å². The van der Waals surface area contributed by atoms with E-state index in [2.05, 4.69) is 10.4 Å². The lowest BCUT2D eigenvalue weighted by atomic mass is 9.96. The maximum absolute atomic E-state index is 10.8. The zero-order valence-corrected chi connectivity index (χ0v) is 13.4. The average Bonchev–Trinajstić information content (AvgIpc) is 3.27. The van der Waals surface area contributed by atoms with Crippen molar-refractivity contribution in [3.8, 4) is 5.75 Å². The summed E-state index contributed by atoms with van der Waals surface area (Å²) in [6.45, 7) is 1.10. The highest BCUT2D eigenvalue weighted by atomic mass is 16.7. The smallest absolute Gasteiger partial charge is 0.183 e. The van der Waals surface area contributed by atoms with E-state index in [1.165, 1.54) is 0 Å². The number of hydrogen-bond donors (Lipinski definition) is 2. The molecule has 2 bridgehead atoms. The highest BCUT2D eigenvalue weighted by molar-refractivity contribution is 5.27. The molecule has 1 aromatic carbocycles. The van der Waals surface area contributed by atoms with Crippen molar-refractivity contribution in [3.05, 3.63) is 48.3 Å². The Kier molecular flexibility index (Phi) is 4.24. The molecule has 0 saturated carbocycles. The molecule has 5 unspecified atom stereocenters. The Morgan fingerprint density at radius 1 is 1.38 bits per heavy atom. The van der Waals surface area contributed by atoms with E-state index in [1.54, 1.807) is 18.0 Å². The second kappa shape index (κ2) is 6.52. The maximum atomic E-state index is 10.8. The summed E-state index contributed by atoms with van der Waals surface area (Å²) in [5.74, 6) is 0.825. The largest absolute Gasteiger partial charge is 0.497 e. The number of aromatic nitrogens is 2. The van der Waals surface area contributed by atoms with Gasteiger partial charge in [0.25, 0.3) is 0 Å². The maximum Gasteiger partial charge on any atom is 0.183 e. The molecule has 7 nitrogen and oxygen atoms in total. The van der Waals surface area contributed by atoms with Crippen LogP contribution in [0.25, 0.3) is 0 Å². The molecule has 7 heteroatoms. The number of benzene rings is 1. The van der Waals surface area contributed by atoms with E-state index in [0.29, 0.717) is 13.2 Å². The van der Waals surface area contributed by atoms with E-state index in [-0.39, 0.29) is 18.2 Å². The first-order chi connectivity index (χ1) is 11.8. The van der Waals surface area contributed by atoms with Crippen LogP contribution < -0.4 is 10.1 Å². The first kappa shape index (κ1) is 15.6. The third kappa shape index (κ3) is 2.80. The van der Waals surface area contributed by atoms with Crippen LogP contribution >= 0.6 is 0 Å². The number of methoxy groups -OCH3 is 1. The van der Waals surface area contributed by atoms with Gasteiger partial charge >= 0.3 is 0 Å². The van der Waals surface area contributed by atoms with Crippen LogP contribution in [0.2, 0.25) is 0 Å². The van der Waals surface area contributed by atoms with Crippen molar-refractivity contribution >= 4 is 0 Å². The average molecular weight is 331 g/mol. The normalized spacial score (nSPS) is 32.0. The fraction of sp³-hybridized carbons (Fsp3) is 0.471. The Balaban J connectivity index is 1.47. The minimum absolute atomic E-state index is 0.157. The molecule has 2 aliphatic rings. The van der Waals surface area contributed by atoms with Crippen LogP contribution in [0.5, 0.6) is 5.75 Å². The van der Waals surface area contributed by atoms with Gasteiger partial charge < -0.3 is 24.6 Å². The zero-order valence-electron chi connectivity index (χ0n) is 13.4. The molecule has 1 aromatic heterocycles.